The number of nitro benzene ring substituents is 1. The number of fused-ring (bicyclic) bond motifs is 1. The zero-order valence-corrected chi connectivity index (χ0v) is 15.0. The number of non-ortho nitro benzene ring substituents is 1. The fourth-order valence-electron chi connectivity index (χ4n) is 2.64. The van der Waals surface area contributed by atoms with E-state index in [0.717, 1.165) is 16.7 Å². The minimum atomic E-state index is -4.01. The number of rotatable bonds is 4. The van der Waals surface area contributed by atoms with E-state index >= 15 is 0 Å². The van der Waals surface area contributed by atoms with Crippen LogP contribution in [0.5, 0.6) is 5.75 Å². The third kappa shape index (κ3) is 3.29. The van der Waals surface area contributed by atoms with Crippen molar-refractivity contribution in [3.8, 4) is 5.75 Å². The fourth-order valence-corrected chi connectivity index (χ4v) is 5.40. The highest BCUT2D eigenvalue weighted by atomic mass is 32.2. The van der Waals surface area contributed by atoms with E-state index in [1.54, 1.807) is 23.9 Å². The van der Waals surface area contributed by atoms with Gasteiger partial charge in [-0.3, -0.25) is 14.4 Å². The van der Waals surface area contributed by atoms with Crippen LogP contribution in [0.2, 0.25) is 0 Å². The molecule has 0 spiro atoms. The topological polar surface area (TPSA) is 89.7 Å². The van der Waals surface area contributed by atoms with Crippen LogP contribution in [0.15, 0.2) is 52.3 Å². The zero-order valence-electron chi connectivity index (χ0n) is 13.4. The van der Waals surface area contributed by atoms with Crippen LogP contribution in [0.4, 0.5) is 11.4 Å². The Labute approximate surface area is 149 Å². The van der Waals surface area contributed by atoms with Gasteiger partial charge in [0.25, 0.3) is 15.7 Å². The fraction of sp³-hybridized carbons (Fsp3) is 0.250. The Balaban J connectivity index is 2.17. The number of methoxy groups -OCH3 is 1. The molecule has 1 aliphatic heterocycles. The molecule has 0 atom stereocenters. The average molecular weight is 380 g/mol. The van der Waals surface area contributed by atoms with Gasteiger partial charge in [-0.2, -0.15) is 0 Å². The number of ether oxygens (including phenoxy) is 1. The minimum absolute atomic E-state index is 0.0833. The summed E-state index contributed by atoms with van der Waals surface area (Å²) in [6, 6.07) is 10.8. The summed E-state index contributed by atoms with van der Waals surface area (Å²) in [6.07, 6.45) is 0.676. The Morgan fingerprint density at radius 2 is 2.00 bits per heavy atom. The van der Waals surface area contributed by atoms with E-state index in [2.05, 4.69) is 0 Å². The van der Waals surface area contributed by atoms with Crippen molar-refractivity contribution in [1.29, 1.82) is 0 Å². The van der Waals surface area contributed by atoms with Crippen LogP contribution in [0.3, 0.4) is 0 Å². The van der Waals surface area contributed by atoms with Gasteiger partial charge in [-0.25, -0.2) is 8.42 Å². The lowest BCUT2D eigenvalue weighted by molar-refractivity contribution is -0.385. The summed E-state index contributed by atoms with van der Waals surface area (Å²) in [6.45, 7) is 0.304. The molecule has 7 nitrogen and oxygen atoms in total. The van der Waals surface area contributed by atoms with Crippen LogP contribution in [-0.4, -0.2) is 32.7 Å². The summed E-state index contributed by atoms with van der Waals surface area (Å²) in [5, 5.41) is 11.1. The monoisotopic (exact) mass is 380 g/mol. The lowest BCUT2D eigenvalue weighted by atomic mass is 10.3. The number of nitrogens with zero attached hydrogens (tertiary/aromatic N) is 2. The maximum Gasteiger partial charge on any atom is 0.271 e. The Kier molecular flexibility index (Phi) is 4.87. The summed E-state index contributed by atoms with van der Waals surface area (Å²) in [5.41, 5.74) is 0.287. The number of nitro groups is 1. The van der Waals surface area contributed by atoms with Crippen molar-refractivity contribution < 1.29 is 18.1 Å². The molecule has 0 fully saturated rings. The van der Waals surface area contributed by atoms with Gasteiger partial charge < -0.3 is 4.74 Å². The first-order chi connectivity index (χ1) is 11.9. The Morgan fingerprint density at radius 3 is 2.72 bits per heavy atom. The molecule has 0 aliphatic carbocycles. The van der Waals surface area contributed by atoms with Crippen molar-refractivity contribution in [2.24, 2.45) is 0 Å². The summed E-state index contributed by atoms with van der Waals surface area (Å²) in [7, 11) is -2.67. The Bertz CT molecular complexity index is 914. The van der Waals surface area contributed by atoms with Crippen molar-refractivity contribution in [3.63, 3.8) is 0 Å². The van der Waals surface area contributed by atoms with E-state index in [4.69, 9.17) is 4.74 Å². The predicted octanol–water partition coefficient (Wildman–Crippen LogP) is 3.29. The van der Waals surface area contributed by atoms with Crippen LogP contribution in [0.25, 0.3) is 0 Å². The van der Waals surface area contributed by atoms with Crippen LogP contribution in [-0.2, 0) is 10.0 Å². The normalized spacial score (nSPS) is 14.5. The molecule has 0 saturated heterocycles. The Morgan fingerprint density at radius 1 is 1.24 bits per heavy atom. The van der Waals surface area contributed by atoms with Crippen molar-refractivity contribution in [2.75, 3.05) is 23.7 Å². The molecule has 0 radical (unpaired) electrons. The molecule has 2 aromatic carbocycles. The summed E-state index contributed by atoms with van der Waals surface area (Å²) >= 11 is 1.60. The van der Waals surface area contributed by atoms with Gasteiger partial charge in [-0.15, -0.1) is 11.8 Å². The SMILES string of the molecule is COc1ccc([N+](=O)[O-])cc1S(=O)(=O)N1CCCSc2ccccc21. The van der Waals surface area contributed by atoms with E-state index in [1.807, 2.05) is 12.1 Å². The van der Waals surface area contributed by atoms with Gasteiger partial charge in [0, 0.05) is 23.6 Å². The second kappa shape index (κ2) is 6.93. The van der Waals surface area contributed by atoms with Crippen LogP contribution >= 0.6 is 11.8 Å². The van der Waals surface area contributed by atoms with Gasteiger partial charge in [0.1, 0.15) is 10.6 Å². The van der Waals surface area contributed by atoms with Gasteiger partial charge in [-0.05, 0) is 30.4 Å². The smallest absolute Gasteiger partial charge is 0.271 e. The van der Waals surface area contributed by atoms with Gasteiger partial charge in [0.05, 0.1) is 17.7 Å². The van der Waals surface area contributed by atoms with Crippen LogP contribution < -0.4 is 9.04 Å². The molecule has 0 aromatic heterocycles. The number of anilines is 1. The summed E-state index contributed by atoms with van der Waals surface area (Å²) in [4.78, 5) is 11.1. The number of sulfonamides is 1. The number of para-hydroxylation sites is 1. The third-order valence-corrected chi connectivity index (χ3v) is 6.81. The largest absolute Gasteiger partial charge is 0.495 e. The quantitative estimate of drug-likeness (QED) is 0.597. The van der Waals surface area contributed by atoms with E-state index in [1.165, 1.54) is 23.5 Å². The third-order valence-electron chi connectivity index (χ3n) is 3.82. The number of benzene rings is 2. The molecular weight excluding hydrogens is 364 g/mol. The maximum absolute atomic E-state index is 13.3. The first kappa shape index (κ1) is 17.6. The first-order valence-corrected chi connectivity index (χ1v) is 9.94. The second-order valence-electron chi connectivity index (χ2n) is 5.34. The van der Waals surface area contributed by atoms with Crippen molar-refractivity contribution in [3.05, 3.63) is 52.6 Å². The highest BCUT2D eigenvalue weighted by Gasteiger charge is 2.32. The molecule has 0 N–H and O–H groups in total. The molecule has 9 heteroatoms. The molecule has 0 saturated carbocycles. The maximum atomic E-state index is 13.3. The molecule has 132 valence electrons. The average Bonchev–Trinajstić information content (AvgIpc) is 2.84. The molecule has 2 aromatic rings. The standard InChI is InChI=1S/C16H16N2O5S2/c1-23-14-8-7-12(18(19)20)11-16(14)25(21,22)17-9-4-10-24-15-6-3-2-5-13(15)17/h2-3,5-8,11H,4,9-10H2,1H3. The van der Waals surface area contributed by atoms with E-state index < -0.39 is 14.9 Å². The zero-order chi connectivity index (χ0) is 18.0. The highest BCUT2D eigenvalue weighted by Crippen LogP contribution is 2.39. The molecule has 0 unspecified atom stereocenters. The van der Waals surface area contributed by atoms with Gasteiger partial charge >= 0.3 is 0 Å². The van der Waals surface area contributed by atoms with Gasteiger partial charge in [-0.1, -0.05) is 12.1 Å². The van der Waals surface area contributed by atoms with Crippen molar-refractivity contribution in [2.45, 2.75) is 16.2 Å². The lowest BCUT2D eigenvalue weighted by Gasteiger charge is -2.24. The highest BCUT2D eigenvalue weighted by molar-refractivity contribution is 7.99. The molecule has 3 rings (SSSR count). The lowest BCUT2D eigenvalue weighted by Crippen LogP contribution is -2.32. The van der Waals surface area contributed by atoms with E-state index in [0.29, 0.717) is 18.7 Å². The van der Waals surface area contributed by atoms with E-state index in [9.17, 15) is 18.5 Å². The molecule has 1 aliphatic rings. The van der Waals surface area contributed by atoms with Gasteiger partial charge in [0.2, 0.25) is 0 Å². The second-order valence-corrected chi connectivity index (χ2v) is 8.31. The number of hydrogen-bond acceptors (Lipinski definition) is 6. The predicted molar refractivity (Wildman–Crippen MR) is 96.0 cm³/mol. The van der Waals surface area contributed by atoms with Crippen LogP contribution in [0, 0.1) is 10.1 Å². The summed E-state index contributed by atoms with van der Waals surface area (Å²) in [5.74, 6) is 0.884. The summed E-state index contributed by atoms with van der Waals surface area (Å²) < 4.78 is 33.0. The van der Waals surface area contributed by atoms with Crippen LogP contribution in [0.1, 0.15) is 6.42 Å². The van der Waals surface area contributed by atoms with Crippen molar-refractivity contribution in [1.82, 2.24) is 0 Å². The minimum Gasteiger partial charge on any atom is -0.495 e. The first-order valence-electron chi connectivity index (χ1n) is 7.52. The van der Waals surface area contributed by atoms with E-state index in [-0.39, 0.29) is 16.3 Å². The van der Waals surface area contributed by atoms with Gasteiger partial charge in [0.15, 0.2) is 0 Å². The van der Waals surface area contributed by atoms with Crippen molar-refractivity contribution >= 4 is 33.2 Å². The molecule has 1 heterocycles. The Hall–Kier alpha value is -2.26. The number of thioether (sulfide) groups is 1. The molecular formula is C16H16N2O5S2. The molecule has 0 amide bonds. The number of hydrogen-bond donors (Lipinski definition) is 0. The molecule has 0 bridgehead atoms. The molecule has 25 heavy (non-hydrogen) atoms.